The maximum Gasteiger partial charge on any atom is 0.246 e. The van der Waals surface area contributed by atoms with E-state index in [0.29, 0.717) is 24.0 Å². The molecule has 0 bridgehead atoms. The minimum absolute atomic E-state index is 0.0119. The van der Waals surface area contributed by atoms with Crippen molar-refractivity contribution >= 4 is 37.6 Å². The van der Waals surface area contributed by atoms with Gasteiger partial charge in [-0.3, -0.25) is 0 Å². The number of pyridine rings is 1. The van der Waals surface area contributed by atoms with Gasteiger partial charge in [-0.25, -0.2) is 13.4 Å². The minimum atomic E-state index is -3.68. The molecule has 0 spiro atoms. The maximum atomic E-state index is 12.8. The van der Waals surface area contributed by atoms with Gasteiger partial charge in [0.05, 0.1) is 12.7 Å². The minimum Gasteiger partial charge on any atom is -0.375 e. The Morgan fingerprint density at radius 2 is 2.30 bits per heavy atom. The van der Waals surface area contributed by atoms with Gasteiger partial charge in [0.2, 0.25) is 10.0 Å². The molecule has 8 heteroatoms. The molecule has 0 N–H and O–H groups in total. The van der Waals surface area contributed by atoms with E-state index in [1.54, 1.807) is 0 Å². The number of nitrogens with zero attached hydrogens (tertiary/aromatic N) is 2. The predicted molar refractivity (Wildman–Crippen MR) is 80.3 cm³/mol. The number of sulfonamides is 1. The molecule has 2 atom stereocenters. The Labute approximate surface area is 132 Å². The molecule has 20 heavy (non-hydrogen) atoms. The van der Waals surface area contributed by atoms with Gasteiger partial charge >= 0.3 is 0 Å². The molecule has 1 saturated heterocycles. The van der Waals surface area contributed by atoms with Crippen LogP contribution in [0, 0.1) is 0 Å². The lowest BCUT2D eigenvalue weighted by molar-refractivity contribution is -0.0230. The second-order valence-corrected chi connectivity index (χ2v) is 7.86. The Morgan fingerprint density at radius 3 is 2.95 bits per heavy atom. The van der Waals surface area contributed by atoms with Crippen LogP contribution in [0.15, 0.2) is 21.6 Å². The summed E-state index contributed by atoms with van der Waals surface area (Å²) in [5.41, 5.74) is 0. The molecule has 2 unspecified atom stereocenters. The second kappa shape index (κ2) is 6.27. The zero-order chi connectivity index (χ0) is 14.9. The first kappa shape index (κ1) is 16.2. The first-order valence-electron chi connectivity index (χ1n) is 6.30. The van der Waals surface area contributed by atoms with Gasteiger partial charge in [-0.15, -0.1) is 0 Å². The van der Waals surface area contributed by atoms with Gasteiger partial charge < -0.3 is 4.74 Å². The van der Waals surface area contributed by atoms with Crippen molar-refractivity contribution in [2.24, 2.45) is 0 Å². The van der Waals surface area contributed by atoms with E-state index < -0.39 is 10.0 Å². The van der Waals surface area contributed by atoms with Gasteiger partial charge in [0.25, 0.3) is 0 Å². The van der Waals surface area contributed by atoms with Gasteiger partial charge in [-0.1, -0.05) is 18.5 Å². The topological polar surface area (TPSA) is 59.5 Å². The van der Waals surface area contributed by atoms with E-state index in [2.05, 4.69) is 20.9 Å². The highest BCUT2D eigenvalue weighted by Gasteiger charge is 2.37. The van der Waals surface area contributed by atoms with Gasteiger partial charge in [0.15, 0.2) is 0 Å². The molecule has 1 aliphatic rings. The number of halogens is 2. The Morgan fingerprint density at radius 1 is 1.60 bits per heavy atom. The summed E-state index contributed by atoms with van der Waals surface area (Å²) in [4.78, 5) is 3.92. The number of aromatic nitrogens is 1. The molecule has 1 aromatic rings. The van der Waals surface area contributed by atoms with Crippen molar-refractivity contribution < 1.29 is 13.2 Å². The van der Waals surface area contributed by atoms with Crippen molar-refractivity contribution in [3.8, 4) is 0 Å². The summed E-state index contributed by atoms with van der Waals surface area (Å²) in [5.74, 6) is 0. The fraction of sp³-hybridized carbons (Fsp3) is 0.583. The van der Waals surface area contributed by atoms with Crippen molar-refractivity contribution in [1.29, 1.82) is 0 Å². The van der Waals surface area contributed by atoms with Crippen LogP contribution >= 0.6 is 27.5 Å². The highest BCUT2D eigenvalue weighted by molar-refractivity contribution is 9.10. The summed E-state index contributed by atoms with van der Waals surface area (Å²) in [6.07, 6.45) is 2.03. The summed E-state index contributed by atoms with van der Waals surface area (Å²) in [5, 5.41) is -0.0119. The summed E-state index contributed by atoms with van der Waals surface area (Å²) >= 11 is 9.19. The first-order chi connectivity index (χ1) is 9.36. The maximum absolute atomic E-state index is 12.8. The Hall–Kier alpha value is -0.210. The lowest BCUT2D eigenvalue weighted by atomic mass is 10.2. The van der Waals surface area contributed by atoms with E-state index in [4.69, 9.17) is 16.3 Å². The van der Waals surface area contributed by atoms with Crippen molar-refractivity contribution in [2.75, 3.05) is 13.2 Å². The largest absolute Gasteiger partial charge is 0.375 e. The molecule has 0 aliphatic carbocycles. The molecule has 5 nitrogen and oxygen atoms in total. The Bertz CT molecular complexity index is 596. The van der Waals surface area contributed by atoms with Crippen molar-refractivity contribution in [1.82, 2.24) is 9.29 Å². The molecule has 1 fully saturated rings. The number of hydrogen-bond acceptors (Lipinski definition) is 4. The zero-order valence-corrected chi connectivity index (χ0v) is 14.4. The third-order valence-corrected chi connectivity index (χ3v) is 6.03. The van der Waals surface area contributed by atoms with Crippen LogP contribution in [0.5, 0.6) is 0 Å². The standard InChI is InChI=1S/C12H16BrClN2O3S/c1-3-10-7-19-8(2)6-16(10)20(17,18)11-4-9(13)5-15-12(11)14/h4-5,8,10H,3,6-7H2,1-2H3. The van der Waals surface area contributed by atoms with Gasteiger partial charge in [-0.2, -0.15) is 4.31 Å². The summed E-state index contributed by atoms with van der Waals surface area (Å²) in [7, 11) is -3.68. The molecule has 2 heterocycles. The average Bonchev–Trinajstić information content (AvgIpc) is 2.41. The quantitative estimate of drug-likeness (QED) is 0.753. The van der Waals surface area contributed by atoms with Crippen molar-refractivity contribution in [3.05, 3.63) is 21.9 Å². The van der Waals surface area contributed by atoms with Crippen LogP contribution in [0.4, 0.5) is 0 Å². The monoisotopic (exact) mass is 382 g/mol. The third kappa shape index (κ3) is 3.17. The number of ether oxygens (including phenoxy) is 1. The van der Waals surface area contributed by atoms with Crippen LogP contribution in [0.25, 0.3) is 0 Å². The first-order valence-corrected chi connectivity index (χ1v) is 8.91. The van der Waals surface area contributed by atoms with Crippen LogP contribution in [0.3, 0.4) is 0 Å². The molecular weight excluding hydrogens is 368 g/mol. The van der Waals surface area contributed by atoms with Gasteiger partial charge in [0, 0.05) is 23.3 Å². The molecule has 0 radical (unpaired) electrons. The number of hydrogen-bond donors (Lipinski definition) is 0. The van der Waals surface area contributed by atoms with Crippen molar-refractivity contribution in [2.45, 2.75) is 37.3 Å². The van der Waals surface area contributed by atoms with E-state index in [1.165, 1.54) is 16.6 Å². The fourth-order valence-electron chi connectivity index (χ4n) is 2.14. The Balaban J connectivity index is 2.44. The highest BCUT2D eigenvalue weighted by Crippen LogP contribution is 2.29. The molecule has 0 aromatic carbocycles. The lowest BCUT2D eigenvalue weighted by Gasteiger charge is -2.37. The van der Waals surface area contributed by atoms with Gasteiger partial charge in [-0.05, 0) is 35.3 Å². The van der Waals surface area contributed by atoms with Crippen LogP contribution in [0.2, 0.25) is 5.15 Å². The SMILES string of the molecule is CCC1COC(C)CN1S(=O)(=O)c1cc(Br)cnc1Cl. The lowest BCUT2D eigenvalue weighted by Crippen LogP contribution is -2.51. The summed E-state index contributed by atoms with van der Waals surface area (Å²) in [6.45, 7) is 4.52. The third-order valence-electron chi connectivity index (χ3n) is 3.25. The van der Waals surface area contributed by atoms with E-state index in [-0.39, 0.29) is 22.2 Å². The molecule has 2 rings (SSSR count). The molecular formula is C12H16BrClN2O3S. The fourth-order valence-corrected chi connectivity index (χ4v) is 4.82. The second-order valence-electron chi connectivity index (χ2n) is 4.72. The van der Waals surface area contributed by atoms with Crippen LogP contribution in [-0.2, 0) is 14.8 Å². The van der Waals surface area contributed by atoms with Crippen LogP contribution in [0.1, 0.15) is 20.3 Å². The Kier molecular flexibility index (Phi) is 5.07. The molecule has 0 saturated carbocycles. The van der Waals surface area contributed by atoms with E-state index in [1.807, 2.05) is 13.8 Å². The molecule has 0 amide bonds. The summed E-state index contributed by atoms with van der Waals surface area (Å²) < 4.78 is 33.2. The van der Waals surface area contributed by atoms with E-state index in [9.17, 15) is 8.42 Å². The normalized spacial score (nSPS) is 24.8. The van der Waals surface area contributed by atoms with E-state index >= 15 is 0 Å². The molecule has 1 aliphatic heterocycles. The predicted octanol–water partition coefficient (Wildman–Crippen LogP) is 2.69. The zero-order valence-electron chi connectivity index (χ0n) is 11.2. The van der Waals surface area contributed by atoms with E-state index in [0.717, 1.165) is 0 Å². The number of rotatable bonds is 3. The smallest absolute Gasteiger partial charge is 0.246 e. The number of morpholine rings is 1. The van der Waals surface area contributed by atoms with Crippen LogP contribution < -0.4 is 0 Å². The average molecular weight is 384 g/mol. The molecule has 112 valence electrons. The highest BCUT2D eigenvalue weighted by atomic mass is 79.9. The van der Waals surface area contributed by atoms with Crippen LogP contribution in [-0.4, -0.2) is 43.0 Å². The molecule has 1 aromatic heterocycles. The van der Waals surface area contributed by atoms with Gasteiger partial charge in [0.1, 0.15) is 10.0 Å². The van der Waals surface area contributed by atoms with Crippen molar-refractivity contribution in [3.63, 3.8) is 0 Å². The summed E-state index contributed by atoms with van der Waals surface area (Å²) in [6, 6.07) is 1.31.